The van der Waals surface area contributed by atoms with Crippen molar-refractivity contribution >= 4 is 50.7 Å². The first-order valence-corrected chi connectivity index (χ1v) is 8.66. The van der Waals surface area contributed by atoms with E-state index in [1.165, 1.54) is 11.3 Å². The minimum atomic E-state index is -0.678. The average Bonchev–Trinajstić information content (AvgIpc) is 3.08. The number of carbonyl (C=O) groups excluding carboxylic acids is 3. The highest BCUT2D eigenvalue weighted by atomic mass is 79.9. The van der Waals surface area contributed by atoms with Crippen LogP contribution in [0.1, 0.15) is 15.2 Å². The van der Waals surface area contributed by atoms with Crippen LogP contribution in [0.4, 0.5) is 5.69 Å². The van der Waals surface area contributed by atoms with Crippen molar-refractivity contribution in [2.45, 2.75) is 6.92 Å². The van der Waals surface area contributed by atoms with Gasteiger partial charge in [-0.3, -0.25) is 14.4 Å². The zero-order valence-electron chi connectivity index (χ0n) is 12.8. The molecule has 0 bridgehead atoms. The quantitative estimate of drug-likeness (QED) is 0.716. The van der Waals surface area contributed by atoms with Crippen LogP contribution in [0.3, 0.4) is 0 Å². The number of amides is 2. The average molecular weight is 411 g/mol. The summed E-state index contributed by atoms with van der Waals surface area (Å²) in [6.07, 6.45) is 0. The van der Waals surface area contributed by atoms with Gasteiger partial charge in [-0.15, -0.1) is 11.3 Å². The van der Waals surface area contributed by atoms with Crippen LogP contribution in [-0.4, -0.2) is 30.9 Å². The van der Waals surface area contributed by atoms with Crippen LogP contribution in [-0.2, 0) is 14.3 Å². The summed E-state index contributed by atoms with van der Waals surface area (Å²) >= 11 is 4.61. The summed E-state index contributed by atoms with van der Waals surface area (Å²) in [6, 6.07) is 8.81. The lowest BCUT2D eigenvalue weighted by molar-refractivity contribution is -0.146. The summed E-state index contributed by atoms with van der Waals surface area (Å²) in [7, 11) is 0. The van der Waals surface area contributed by atoms with Crippen LogP contribution in [0.2, 0.25) is 0 Å². The van der Waals surface area contributed by atoms with Gasteiger partial charge in [0.15, 0.2) is 6.61 Å². The summed E-state index contributed by atoms with van der Waals surface area (Å²) in [5, 5.41) is 6.86. The highest BCUT2D eigenvalue weighted by Gasteiger charge is 2.12. The molecular weight excluding hydrogens is 396 g/mol. The minimum absolute atomic E-state index is 0.290. The Morgan fingerprint density at radius 2 is 2.04 bits per heavy atom. The minimum Gasteiger partial charge on any atom is -0.454 e. The smallest absolute Gasteiger partial charge is 0.325 e. The Labute approximate surface area is 151 Å². The number of halogens is 1. The number of carbonyl (C=O) groups is 3. The van der Waals surface area contributed by atoms with E-state index >= 15 is 0 Å². The van der Waals surface area contributed by atoms with Gasteiger partial charge in [0.2, 0.25) is 0 Å². The molecule has 0 atom stereocenters. The molecule has 6 nitrogen and oxygen atoms in total. The third kappa shape index (κ3) is 5.47. The summed E-state index contributed by atoms with van der Waals surface area (Å²) in [4.78, 5) is 35.5. The third-order valence-electron chi connectivity index (χ3n) is 2.97. The predicted molar refractivity (Wildman–Crippen MR) is 95.1 cm³/mol. The molecule has 0 saturated heterocycles. The normalized spacial score (nSPS) is 10.1. The van der Waals surface area contributed by atoms with Gasteiger partial charge in [0.1, 0.15) is 6.54 Å². The first-order chi connectivity index (χ1) is 11.5. The number of hydrogen-bond acceptors (Lipinski definition) is 5. The van der Waals surface area contributed by atoms with Crippen LogP contribution in [0.5, 0.6) is 0 Å². The molecule has 0 saturated carbocycles. The molecular formula is C16H15BrN2O4S. The molecule has 0 unspecified atom stereocenters. The van der Waals surface area contributed by atoms with Gasteiger partial charge in [-0.05, 0) is 42.1 Å². The van der Waals surface area contributed by atoms with Gasteiger partial charge in [0, 0.05) is 10.2 Å². The molecule has 2 aromatic rings. The molecule has 2 rings (SSSR count). The molecule has 126 valence electrons. The van der Waals surface area contributed by atoms with E-state index in [0.29, 0.717) is 10.6 Å². The molecule has 2 N–H and O–H groups in total. The maximum absolute atomic E-state index is 11.8. The van der Waals surface area contributed by atoms with E-state index in [4.69, 9.17) is 4.74 Å². The second kappa shape index (κ2) is 8.60. The second-order valence-corrected chi connectivity index (χ2v) is 6.69. The Hall–Kier alpha value is -2.19. The lowest BCUT2D eigenvalue weighted by Crippen LogP contribution is -2.31. The van der Waals surface area contributed by atoms with Crippen LogP contribution < -0.4 is 10.6 Å². The topological polar surface area (TPSA) is 84.5 Å². The molecule has 0 radical (unpaired) electrons. The van der Waals surface area contributed by atoms with Crippen molar-refractivity contribution in [3.63, 3.8) is 0 Å². The maximum atomic E-state index is 11.8. The number of benzene rings is 1. The van der Waals surface area contributed by atoms with Crippen molar-refractivity contribution in [3.05, 3.63) is 50.6 Å². The molecule has 0 aliphatic carbocycles. The molecule has 1 aromatic carbocycles. The van der Waals surface area contributed by atoms with Crippen LogP contribution in [0, 0.1) is 6.92 Å². The molecule has 0 aliphatic heterocycles. The second-order valence-electron chi connectivity index (χ2n) is 4.83. The lowest BCUT2D eigenvalue weighted by Gasteiger charge is -2.09. The molecule has 2 amide bonds. The third-order valence-corrected chi connectivity index (χ3v) is 4.33. The summed E-state index contributed by atoms with van der Waals surface area (Å²) in [5.74, 6) is -1.47. The molecule has 0 aliphatic rings. The fourth-order valence-electron chi connectivity index (χ4n) is 1.80. The van der Waals surface area contributed by atoms with Gasteiger partial charge in [-0.25, -0.2) is 0 Å². The molecule has 24 heavy (non-hydrogen) atoms. The number of anilines is 1. The number of hydrogen-bond donors (Lipinski definition) is 2. The Bertz CT molecular complexity index is 747. The number of ether oxygens (including phenoxy) is 1. The van der Waals surface area contributed by atoms with E-state index in [1.54, 1.807) is 29.6 Å². The first-order valence-electron chi connectivity index (χ1n) is 6.99. The highest BCUT2D eigenvalue weighted by Crippen LogP contribution is 2.19. The standard InChI is InChI=1S/C16H15BrN2O4S/c1-10-7-11(17)4-5-12(10)19-14(20)9-23-15(21)8-18-16(22)13-3-2-6-24-13/h2-7H,8-9H2,1H3,(H,18,22)(H,19,20). The van der Waals surface area contributed by atoms with E-state index in [2.05, 4.69) is 26.6 Å². The number of nitrogens with one attached hydrogen (secondary N) is 2. The van der Waals surface area contributed by atoms with Crippen molar-refractivity contribution in [2.24, 2.45) is 0 Å². The Kier molecular flexibility index (Phi) is 6.51. The Balaban J connectivity index is 1.73. The first kappa shape index (κ1) is 18.2. The Morgan fingerprint density at radius 3 is 2.71 bits per heavy atom. The summed E-state index contributed by atoms with van der Waals surface area (Å²) in [5.41, 5.74) is 1.53. The number of esters is 1. The van der Waals surface area contributed by atoms with Crippen molar-refractivity contribution in [1.29, 1.82) is 0 Å². The fraction of sp³-hybridized carbons (Fsp3) is 0.188. The van der Waals surface area contributed by atoms with Gasteiger partial charge < -0.3 is 15.4 Å². The van der Waals surface area contributed by atoms with E-state index in [-0.39, 0.29) is 12.5 Å². The number of thiophene rings is 1. The zero-order chi connectivity index (χ0) is 17.5. The maximum Gasteiger partial charge on any atom is 0.325 e. The van der Waals surface area contributed by atoms with Crippen molar-refractivity contribution in [3.8, 4) is 0 Å². The van der Waals surface area contributed by atoms with E-state index in [0.717, 1.165) is 10.0 Å². The zero-order valence-corrected chi connectivity index (χ0v) is 15.2. The van der Waals surface area contributed by atoms with Crippen LogP contribution >= 0.6 is 27.3 Å². The van der Waals surface area contributed by atoms with Crippen LogP contribution in [0.25, 0.3) is 0 Å². The van der Waals surface area contributed by atoms with Gasteiger partial charge in [0.25, 0.3) is 11.8 Å². The van der Waals surface area contributed by atoms with Crippen molar-refractivity contribution < 1.29 is 19.1 Å². The molecule has 1 aromatic heterocycles. The number of rotatable bonds is 6. The van der Waals surface area contributed by atoms with E-state index in [1.807, 2.05) is 13.0 Å². The van der Waals surface area contributed by atoms with Crippen molar-refractivity contribution in [1.82, 2.24) is 5.32 Å². The SMILES string of the molecule is Cc1cc(Br)ccc1NC(=O)COC(=O)CNC(=O)c1cccs1. The summed E-state index contributed by atoms with van der Waals surface area (Å²) in [6.45, 7) is 1.15. The molecule has 8 heteroatoms. The van der Waals surface area contributed by atoms with Gasteiger partial charge >= 0.3 is 5.97 Å². The summed E-state index contributed by atoms with van der Waals surface area (Å²) < 4.78 is 5.74. The fourth-order valence-corrected chi connectivity index (χ4v) is 2.91. The monoisotopic (exact) mass is 410 g/mol. The molecule has 0 fully saturated rings. The van der Waals surface area contributed by atoms with Gasteiger partial charge in [-0.1, -0.05) is 22.0 Å². The van der Waals surface area contributed by atoms with Crippen molar-refractivity contribution in [2.75, 3.05) is 18.5 Å². The Morgan fingerprint density at radius 1 is 1.25 bits per heavy atom. The molecule has 1 heterocycles. The van der Waals surface area contributed by atoms with Gasteiger partial charge in [0.05, 0.1) is 4.88 Å². The number of aryl methyl sites for hydroxylation is 1. The van der Waals surface area contributed by atoms with E-state index in [9.17, 15) is 14.4 Å². The lowest BCUT2D eigenvalue weighted by atomic mass is 10.2. The van der Waals surface area contributed by atoms with Crippen LogP contribution in [0.15, 0.2) is 40.2 Å². The van der Waals surface area contributed by atoms with Gasteiger partial charge in [-0.2, -0.15) is 0 Å². The molecule has 0 spiro atoms. The van der Waals surface area contributed by atoms with E-state index < -0.39 is 18.5 Å². The largest absolute Gasteiger partial charge is 0.454 e. The predicted octanol–water partition coefficient (Wildman–Crippen LogP) is 2.73. The highest BCUT2D eigenvalue weighted by molar-refractivity contribution is 9.10.